The van der Waals surface area contributed by atoms with Gasteiger partial charge in [-0.3, -0.25) is 0 Å². The Morgan fingerprint density at radius 2 is 1.48 bits per heavy atom. The lowest BCUT2D eigenvalue weighted by atomic mass is 9.98. The molecule has 0 aliphatic carbocycles. The molecular formula is C14H11Cl2F4N. The third-order valence-electron chi connectivity index (χ3n) is 2.89. The monoisotopic (exact) mass is 339 g/mol. The minimum absolute atomic E-state index is 0. The first-order valence-corrected chi connectivity index (χ1v) is 6.04. The van der Waals surface area contributed by atoms with Gasteiger partial charge < -0.3 is 5.73 Å². The van der Waals surface area contributed by atoms with Crippen LogP contribution in [0, 0.1) is 5.82 Å². The molecule has 0 saturated carbocycles. The minimum atomic E-state index is -4.72. The predicted octanol–water partition coefficient (Wildman–Crippen LogP) is 4.97. The van der Waals surface area contributed by atoms with Crippen LogP contribution < -0.4 is 5.73 Å². The SMILES string of the molecule is Cl.NC(c1ccc(Cl)cc1)c1ccc(C(F)(F)F)c(F)c1. The van der Waals surface area contributed by atoms with E-state index in [0.29, 0.717) is 16.7 Å². The van der Waals surface area contributed by atoms with Gasteiger partial charge in [-0.1, -0.05) is 29.8 Å². The first-order chi connectivity index (χ1) is 9.29. The average Bonchev–Trinajstić information content (AvgIpc) is 2.37. The smallest absolute Gasteiger partial charge is 0.320 e. The quantitative estimate of drug-likeness (QED) is 0.768. The Morgan fingerprint density at radius 1 is 0.952 bits per heavy atom. The van der Waals surface area contributed by atoms with Crippen LogP contribution >= 0.6 is 24.0 Å². The molecule has 2 rings (SSSR count). The summed E-state index contributed by atoms with van der Waals surface area (Å²) in [6, 6.07) is 8.46. The maximum Gasteiger partial charge on any atom is 0.419 e. The van der Waals surface area contributed by atoms with Crippen LogP contribution in [0.2, 0.25) is 5.02 Å². The highest BCUT2D eigenvalue weighted by molar-refractivity contribution is 6.30. The van der Waals surface area contributed by atoms with Gasteiger partial charge in [0, 0.05) is 5.02 Å². The summed E-state index contributed by atoms with van der Waals surface area (Å²) >= 11 is 5.73. The molecule has 0 amide bonds. The normalized spacial score (nSPS) is 12.7. The van der Waals surface area contributed by atoms with Crippen molar-refractivity contribution in [3.05, 3.63) is 70.0 Å². The lowest BCUT2D eigenvalue weighted by molar-refractivity contribution is -0.140. The fourth-order valence-electron chi connectivity index (χ4n) is 1.82. The van der Waals surface area contributed by atoms with Gasteiger partial charge in [0.1, 0.15) is 5.82 Å². The van der Waals surface area contributed by atoms with E-state index in [1.165, 1.54) is 6.07 Å². The summed E-state index contributed by atoms with van der Waals surface area (Å²) in [6.45, 7) is 0. The Labute approximate surface area is 130 Å². The molecular weight excluding hydrogens is 329 g/mol. The molecule has 2 aromatic rings. The molecule has 0 radical (unpaired) electrons. The largest absolute Gasteiger partial charge is 0.419 e. The van der Waals surface area contributed by atoms with Gasteiger partial charge in [0.15, 0.2) is 0 Å². The van der Waals surface area contributed by atoms with Crippen molar-refractivity contribution in [2.45, 2.75) is 12.2 Å². The predicted molar refractivity (Wildman–Crippen MR) is 76.1 cm³/mol. The summed E-state index contributed by atoms with van der Waals surface area (Å²) in [5, 5.41) is 0.513. The highest BCUT2D eigenvalue weighted by Crippen LogP contribution is 2.33. The van der Waals surface area contributed by atoms with Crippen molar-refractivity contribution in [2.75, 3.05) is 0 Å². The van der Waals surface area contributed by atoms with E-state index in [2.05, 4.69) is 0 Å². The number of hydrogen-bond acceptors (Lipinski definition) is 1. The van der Waals surface area contributed by atoms with Crippen LogP contribution in [-0.2, 0) is 6.18 Å². The van der Waals surface area contributed by atoms with Crippen molar-refractivity contribution in [1.82, 2.24) is 0 Å². The maximum atomic E-state index is 13.5. The van der Waals surface area contributed by atoms with E-state index >= 15 is 0 Å². The molecule has 0 saturated heterocycles. The summed E-state index contributed by atoms with van der Waals surface area (Å²) in [5.41, 5.74) is 5.50. The van der Waals surface area contributed by atoms with Gasteiger partial charge >= 0.3 is 6.18 Å². The summed E-state index contributed by atoms with van der Waals surface area (Å²) in [6.07, 6.45) is -4.72. The van der Waals surface area contributed by atoms with Gasteiger partial charge in [-0.05, 0) is 35.4 Å². The molecule has 0 aromatic heterocycles. The lowest BCUT2D eigenvalue weighted by Gasteiger charge is -2.15. The fourth-order valence-corrected chi connectivity index (χ4v) is 1.94. The Hall–Kier alpha value is -1.30. The van der Waals surface area contributed by atoms with Crippen molar-refractivity contribution in [3.8, 4) is 0 Å². The molecule has 2 aromatic carbocycles. The average molecular weight is 340 g/mol. The van der Waals surface area contributed by atoms with Gasteiger partial charge in [-0.15, -0.1) is 12.4 Å². The number of alkyl halides is 3. The Morgan fingerprint density at radius 3 is 1.95 bits per heavy atom. The molecule has 114 valence electrons. The van der Waals surface area contributed by atoms with Gasteiger partial charge in [-0.2, -0.15) is 13.2 Å². The van der Waals surface area contributed by atoms with E-state index in [1.54, 1.807) is 24.3 Å². The van der Waals surface area contributed by atoms with Crippen LogP contribution in [0.4, 0.5) is 17.6 Å². The Balaban J connectivity index is 0.00000220. The van der Waals surface area contributed by atoms with Gasteiger partial charge in [-0.25, -0.2) is 4.39 Å². The topological polar surface area (TPSA) is 26.0 Å². The zero-order chi connectivity index (χ0) is 14.9. The third kappa shape index (κ3) is 4.09. The molecule has 1 nitrogen and oxygen atoms in total. The minimum Gasteiger partial charge on any atom is -0.320 e. The highest BCUT2D eigenvalue weighted by atomic mass is 35.5. The van der Waals surface area contributed by atoms with Crippen LogP contribution in [0.25, 0.3) is 0 Å². The second kappa shape index (κ2) is 6.64. The van der Waals surface area contributed by atoms with Crippen LogP contribution in [0.1, 0.15) is 22.7 Å². The standard InChI is InChI=1S/C14H10ClF4N.ClH/c15-10-4-1-8(2-5-10)13(20)9-3-6-11(12(16)7-9)14(17,18)19;/h1-7,13H,20H2;1H. The zero-order valence-electron chi connectivity index (χ0n) is 10.5. The number of nitrogens with two attached hydrogens (primary N) is 1. The molecule has 0 heterocycles. The number of hydrogen-bond donors (Lipinski definition) is 1. The van der Waals surface area contributed by atoms with Crippen molar-refractivity contribution in [3.63, 3.8) is 0 Å². The molecule has 0 aliphatic heterocycles. The van der Waals surface area contributed by atoms with E-state index < -0.39 is 23.6 Å². The van der Waals surface area contributed by atoms with E-state index in [0.717, 1.165) is 6.07 Å². The van der Waals surface area contributed by atoms with Crippen molar-refractivity contribution in [2.24, 2.45) is 5.73 Å². The second-order valence-electron chi connectivity index (χ2n) is 4.27. The summed E-state index contributed by atoms with van der Waals surface area (Å²) in [5.74, 6) is -1.33. The number of rotatable bonds is 2. The van der Waals surface area contributed by atoms with Crippen LogP contribution in [0.15, 0.2) is 42.5 Å². The first-order valence-electron chi connectivity index (χ1n) is 5.66. The maximum absolute atomic E-state index is 13.5. The Bertz CT molecular complexity index is 611. The molecule has 1 atom stereocenters. The van der Waals surface area contributed by atoms with E-state index in [9.17, 15) is 17.6 Å². The molecule has 2 N–H and O–H groups in total. The van der Waals surface area contributed by atoms with Crippen LogP contribution in [0.3, 0.4) is 0 Å². The van der Waals surface area contributed by atoms with E-state index in [1.807, 2.05) is 0 Å². The van der Waals surface area contributed by atoms with Crippen molar-refractivity contribution >= 4 is 24.0 Å². The van der Waals surface area contributed by atoms with E-state index in [-0.39, 0.29) is 18.0 Å². The fraction of sp³-hybridized carbons (Fsp3) is 0.143. The van der Waals surface area contributed by atoms with E-state index in [4.69, 9.17) is 17.3 Å². The van der Waals surface area contributed by atoms with Gasteiger partial charge in [0.25, 0.3) is 0 Å². The lowest BCUT2D eigenvalue weighted by Crippen LogP contribution is -2.14. The van der Waals surface area contributed by atoms with Crippen molar-refractivity contribution in [1.29, 1.82) is 0 Å². The van der Waals surface area contributed by atoms with Crippen LogP contribution in [0.5, 0.6) is 0 Å². The molecule has 7 heteroatoms. The molecule has 0 aliphatic rings. The van der Waals surface area contributed by atoms with Crippen molar-refractivity contribution < 1.29 is 17.6 Å². The highest BCUT2D eigenvalue weighted by Gasteiger charge is 2.34. The summed E-state index contributed by atoms with van der Waals surface area (Å²) in [4.78, 5) is 0. The third-order valence-corrected chi connectivity index (χ3v) is 3.14. The number of halogens is 6. The Kier molecular flexibility index (Phi) is 5.61. The first kappa shape index (κ1) is 17.8. The molecule has 0 fully saturated rings. The molecule has 1 unspecified atom stereocenters. The summed E-state index contributed by atoms with van der Waals surface area (Å²) in [7, 11) is 0. The molecule has 0 bridgehead atoms. The summed E-state index contributed by atoms with van der Waals surface area (Å²) < 4.78 is 50.9. The molecule has 0 spiro atoms. The molecule has 21 heavy (non-hydrogen) atoms. The number of benzene rings is 2. The van der Waals surface area contributed by atoms with Gasteiger partial charge in [0.2, 0.25) is 0 Å². The second-order valence-corrected chi connectivity index (χ2v) is 4.70. The zero-order valence-corrected chi connectivity index (χ0v) is 12.1. The van der Waals surface area contributed by atoms with Gasteiger partial charge in [0.05, 0.1) is 11.6 Å². The van der Waals surface area contributed by atoms with Crippen LogP contribution in [-0.4, -0.2) is 0 Å².